The molecule has 0 aromatic rings. The molecule has 1 aliphatic rings. The standard InChI is InChI=1S/C17H26F6O3.C12H21F3O3/c1-4-14(2,3)13(24)26-12(11-8-6-5-7-9-11)10-15(25,16(18,19)20)17(21,22)23;1-6-10(3,4)9(16)18-8(2)7-11(5,17)12(13,14)15/h11-12,25H,4-10H2,1-3H3;8,17H,6-7H2,1-5H3. The molecule has 15 heteroatoms. The van der Waals surface area contributed by atoms with Crippen LogP contribution >= 0.6 is 0 Å². The number of rotatable bonds is 11. The van der Waals surface area contributed by atoms with E-state index in [9.17, 15) is 59.3 Å². The van der Waals surface area contributed by atoms with Crippen molar-refractivity contribution in [3.05, 3.63) is 0 Å². The Morgan fingerprint density at radius 2 is 1.07 bits per heavy atom. The van der Waals surface area contributed by atoms with E-state index in [2.05, 4.69) is 0 Å². The summed E-state index contributed by atoms with van der Waals surface area (Å²) in [4.78, 5) is 23.9. The molecule has 0 aromatic carbocycles. The van der Waals surface area contributed by atoms with Gasteiger partial charge in [-0.2, -0.15) is 39.5 Å². The Bertz CT molecular complexity index is 904. The summed E-state index contributed by atoms with van der Waals surface area (Å²) in [5.41, 5.74) is -9.55. The highest BCUT2D eigenvalue weighted by Crippen LogP contribution is 2.48. The topological polar surface area (TPSA) is 93.1 Å². The van der Waals surface area contributed by atoms with Crippen LogP contribution in [0.2, 0.25) is 0 Å². The molecule has 1 saturated carbocycles. The highest BCUT2D eigenvalue weighted by Gasteiger charge is 2.71. The number of halogens is 9. The van der Waals surface area contributed by atoms with Crippen molar-refractivity contribution in [2.45, 2.75) is 155 Å². The van der Waals surface area contributed by atoms with Gasteiger partial charge >= 0.3 is 30.5 Å². The quantitative estimate of drug-likeness (QED) is 0.171. The predicted molar refractivity (Wildman–Crippen MR) is 143 cm³/mol. The first kappa shape index (κ1) is 42.2. The van der Waals surface area contributed by atoms with Crippen LogP contribution in [0, 0.1) is 16.7 Å². The highest BCUT2D eigenvalue weighted by molar-refractivity contribution is 5.76. The van der Waals surface area contributed by atoms with E-state index in [0.29, 0.717) is 45.4 Å². The van der Waals surface area contributed by atoms with Gasteiger partial charge in [-0.25, -0.2) is 0 Å². The van der Waals surface area contributed by atoms with E-state index in [-0.39, 0.29) is 0 Å². The van der Waals surface area contributed by atoms with E-state index < -0.39 is 83.5 Å². The molecular weight excluding hydrogens is 615 g/mol. The Hall–Kier alpha value is -1.77. The maximum atomic E-state index is 13.1. The molecule has 0 amide bonds. The van der Waals surface area contributed by atoms with Crippen LogP contribution in [0.5, 0.6) is 0 Å². The molecule has 1 rings (SSSR count). The number of carbonyl (C=O) groups is 2. The molecule has 0 radical (unpaired) electrons. The summed E-state index contributed by atoms with van der Waals surface area (Å²) < 4.78 is 126. The fraction of sp³-hybridized carbons (Fsp3) is 0.931. The fourth-order valence-corrected chi connectivity index (χ4v) is 4.14. The lowest BCUT2D eigenvalue weighted by Crippen LogP contribution is -2.59. The van der Waals surface area contributed by atoms with Crippen molar-refractivity contribution in [2.75, 3.05) is 0 Å². The summed E-state index contributed by atoms with van der Waals surface area (Å²) in [6, 6.07) is 0. The third-order valence-corrected chi connectivity index (χ3v) is 8.35. The normalized spacial score (nSPS) is 18.8. The molecule has 0 aromatic heterocycles. The average molecular weight is 663 g/mol. The number of ether oxygens (including phenoxy) is 2. The molecule has 1 fully saturated rings. The van der Waals surface area contributed by atoms with Crippen molar-refractivity contribution in [2.24, 2.45) is 16.7 Å². The minimum atomic E-state index is -5.93. The molecule has 3 atom stereocenters. The van der Waals surface area contributed by atoms with E-state index in [1.54, 1.807) is 27.7 Å². The van der Waals surface area contributed by atoms with Crippen LogP contribution in [-0.4, -0.2) is 64.1 Å². The predicted octanol–water partition coefficient (Wildman–Crippen LogP) is 8.22. The molecule has 0 spiro atoms. The average Bonchev–Trinajstić information content (AvgIpc) is 2.86. The van der Waals surface area contributed by atoms with Crippen LogP contribution in [0.25, 0.3) is 0 Å². The lowest BCUT2D eigenvalue weighted by Gasteiger charge is -2.39. The second-order valence-corrected chi connectivity index (χ2v) is 13.1. The number of carbonyl (C=O) groups excluding carboxylic acids is 2. The van der Waals surface area contributed by atoms with Crippen LogP contribution in [0.3, 0.4) is 0 Å². The summed E-state index contributed by atoms with van der Waals surface area (Å²) in [5.74, 6) is -2.06. The van der Waals surface area contributed by atoms with E-state index >= 15 is 0 Å². The van der Waals surface area contributed by atoms with Gasteiger partial charge in [0.05, 0.1) is 10.8 Å². The van der Waals surface area contributed by atoms with Gasteiger partial charge in [0, 0.05) is 12.8 Å². The number of esters is 2. The zero-order chi connectivity index (χ0) is 35.2. The molecule has 44 heavy (non-hydrogen) atoms. The second kappa shape index (κ2) is 15.2. The zero-order valence-corrected chi connectivity index (χ0v) is 26.5. The zero-order valence-electron chi connectivity index (χ0n) is 26.5. The van der Waals surface area contributed by atoms with Gasteiger partial charge in [-0.3, -0.25) is 9.59 Å². The number of hydrogen-bond acceptors (Lipinski definition) is 6. The molecule has 262 valence electrons. The molecule has 1 aliphatic carbocycles. The fourth-order valence-electron chi connectivity index (χ4n) is 4.14. The van der Waals surface area contributed by atoms with Crippen LogP contribution < -0.4 is 0 Å². The maximum absolute atomic E-state index is 13.1. The van der Waals surface area contributed by atoms with E-state index in [1.165, 1.54) is 20.8 Å². The molecule has 0 aliphatic heterocycles. The highest BCUT2D eigenvalue weighted by atomic mass is 19.4. The van der Waals surface area contributed by atoms with E-state index in [0.717, 1.165) is 6.42 Å². The van der Waals surface area contributed by atoms with Crippen LogP contribution in [-0.2, 0) is 19.1 Å². The second-order valence-electron chi connectivity index (χ2n) is 13.1. The lowest BCUT2D eigenvalue weighted by atomic mass is 9.80. The summed E-state index contributed by atoms with van der Waals surface area (Å²) >= 11 is 0. The Balaban J connectivity index is 0.000000902. The molecule has 0 saturated heterocycles. The van der Waals surface area contributed by atoms with E-state index in [4.69, 9.17) is 9.47 Å². The summed E-state index contributed by atoms with van der Waals surface area (Å²) in [7, 11) is 0. The molecular formula is C29H47F9O6. The van der Waals surface area contributed by atoms with Crippen LogP contribution in [0.4, 0.5) is 39.5 Å². The molecule has 0 heterocycles. The van der Waals surface area contributed by atoms with Gasteiger partial charge in [-0.05, 0) is 73.1 Å². The molecule has 6 nitrogen and oxygen atoms in total. The number of aliphatic hydroxyl groups is 2. The molecule has 0 bridgehead atoms. The summed E-state index contributed by atoms with van der Waals surface area (Å²) in [5, 5.41) is 18.8. The monoisotopic (exact) mass is 662 g/mol. The van der Waals surface area contributed by atoms with Crippen molar-refractivity contribution in [1.29, 1.82) is 0 Å². The van der Waals surface area contributed by atoms with Gasteiger partial charge in [-0.15, -0.1) is 0 Å². The maximum Gasteiger partial charge on any atom is 0.426 e. The Morgan fingerprint density at radius 1 is 0.682 bits per heavy atom. The van der Waals surface area contributed by atoms with Gasteiger partial charge in [-0.1, -0.05) is 33.1 Å². The largest absolute Gasteiger partial charge is 0.462 e. The van der Waals surface area contributed by atoms with Crippen molar-refractivity contribution in [1.82, 2.24) is 0 Å². The van der Waals surface area contributed by atoms with E-state index in [1.807, 2.05) is 0 Å². The minimum Gasteiger partial charge on any atom is -0.462 e. The molecule has 2 N–H and O–H groups in total. The van der Waals surface area contributed by atoms with Crippen molar-refractivity contribution >= 4 is 11.9 Å². The first-order valence-corrected chi connectivity index (χ1v) is 14.6. The third-order valence-electron chi connectivity index (χ3n) is 8.35. The smallest absolute Gasteiger partial charge is 0.426 e. The first-order valence-electron chi connectivity index (χ1n) is 14.6. The van der Waals surface area contributed by atoms with Crippen LogP contribution in [0.15, 0.2) is 0 Å². The molecule has 3 unspecified atom stereocenters. The van der Waals surface area contributed by atoms with Gasteiger partial charge in [0.2, 0.25) is 0 Å². The summed E-state index contributed by atoms with van der Waals surface area (Å²) in [6.45, 7) is 11.8. The first-order chi connectivity index (χ1) is 19.5. The van der Waals surface area contributed by atoms with Crippen molar-refractivity contribution in [3.63, 3.8) is 0 Å². The Morgan fingerprint density at radius 3 is 1.41 bits per heavy atom. The van der Waals surface area contributed by atoms with Crippen molar-refractivity contribution in [3.8, 4) is 0 Å². The Labute approximate surface area is 253 Å². The van der Waals surface area contributed by atoms with Gasteiger partial charge in [0.1, 0.15) is 12.2 Å². The SMILES string of the molecule is CCC(C)(C)C(=O)OC(C)CC(C)(O)C(F)(F)F.CCC(C)(C)C(=O)OC(CC(O)(C(F)(F)F)C(F)(F)F)C1CCCCC1. The lowest BCUT2D eigenvalue weighted by molar-refractivity contribution is -0.375. The van der Waals surface area contributed by atoms with Crippen molar-refractivity contribution < 1.29 is 68.8 Å². The Kier molecular flexibility index (Phi) is 14.6. The van der Waals surface area contributed by atoms with Gasteiger partial charge < -0.3 is 19.7 Å². The number of hydrogen-bond donors (Lipinski definition) is 2. The number of alkyl halides is 9. The minimum absolute atomic E-state index is 0.312. The third kappa shape index (κ3) is 11.5. The summed E-state index contributed by atoms with van der Waals surface area (Å²) in [6.07, 6.45) is -18.0. The van der Waals surface area contributed by atoms with Crippen LogP contribution in [0.1, 0.15) is 113 Å². The van der Waals surface area contributed by atoms with Gasteiger partial charge in [0.25, 0.3) is 5.60 Å². The van der Waals surface area contributed by atoms with Gasteiger partial charge in [0.15, 0.2) is 5.60 Å².